The number of benzene rings is 1. The number of nitrogens with one attached hydrogen (secondary N) is 1. The molecule has 2 aromatic heterocycles. The van der Waals surface area contributed by atoms with Crippen molar-refractivity contribution in [1.29, 1.82) is 0 Å². The molecular formula is C21H21F2N5O. The fourth-order valence-corrected chi connectivity index (χ4v) is 4.18. The van der Waals surface area contributed by atoms with Gasteiger partial charge in [0.15, 0.2) is 0 Å². The van der Waals surface area contributed by atoms with Crippen LogP contribution in [-0.4, -0.2) is 31.3 Å². The van der Waals surface area contributed by atoms with Gasteiger partial charge in [0, 0.05) is 49.1 Å². The van der Waals surface area contributed by atoms with E-state index in [0.717, 1.165) is 49.8 Å². The summed E-state index contributed by atoms with van der Waals surface area (Å²) in [5, 5.41) is 7.50. The van der Waals surface area contributed by atoms with Gasteiger partial charge in [-0.3, -0.25) is 9.48 Å². The minimum Gasteiger partial charge on any atom is -0.346 e. The molecule has 0 aliphatic carbocycles. The molecule has 0 bridgehead atoms. The Morgan fingerprint density at radius 1 is 1.17 bits per heavy atom. The maximum absolute atomic E-state index is 14.1. The van der Waals surface area contributed by atoms with Crippen molar-refractivity contribution >= 4 is 5.91 Å². The van der Waals surface area contributed by atoms with Crippen LogP contribution in [0.5, 0.6) is 0 Å². The van der Waals surface area contributed by atoms with Crippen LogP contribution in [0.2, 0.25) is 0 Å². The molecule has 0 saturated heterocycles. The van der Waals surface area contributed by atoms with Gasteiger partial charge in [-0.1, -0.05) is 0 Å². The van der Waals surface area contributed by atoms with E-state index in [9.17, 15) is 13.6 Å². The molecule has 1 N–H and O–H groups in total. The summed E-state index contributed by atoms with van der Waals surface area (Å²) >= 11 is 0. The lowest BCUT2D eigenvalue weighted by atomic mass is 10.1. The molecule has 0 saturated carbocycles. The predicted octanol–water partition coefficient (Wildman–Crippen LogP) is 3.11. The molecule has 0 fully saturated rings. The minimum absolute atomic E-state index is 0.0474. The number of aryl methyl sites for hydroxylation is 3. The molecule has 2 aliphatic rings. The molecule has 29 heavy (non-hydrogen) atoms. The number of hydrogen-bond donors (Lipinski definition) is 1. The summed E-state index contributed by atoms with van der Waals surface area (Å²) in [4.78, 5) is 17.1. The van der Waals surface area contributed by atoms with Crippen LogP contribution in [0.15, 0.2) is 30.5 Å². The highest BCUT2D eigenvalue weighted by Crippen LogP contribution is 2.25. The standard InChI is InChI=1S/C21H21F2N5O/c22-13-4-6-16(17(23)9-13)19-12-27-11-14(5-7-20(27)25-19)24-21(29)18-10-15-3-1-2-8-28(15)26-18/h4,6,9-10,12,14H,1-3,5,7-8,11H2,(H,24,29). The quantitative estimate of drug-likeness (QED) is 0.739. The number of halogens is 2. The summed E-state index contributed by atoms with van der Waals surface area (Å²) in [5.41, 5.74) is 2.34. The molecule has 1 aromatic carbocycles. The first-order valence-electron chi connectivity index (χ1n) is 9.96. The Labute approximate surface area is 166 Å². The third kappa shape index (κ3) is 3.43. The summed E-state index contributed by atoms with van der Waals surface area (Å²) in [6.45, 7) is 1.43. The average Bonchev–Trinajstić information content (AvgIpc) is 3.31. The van der Waals surface area contributed by atoms with Crippen molar-refractivity contribution in [2.45, 2.75) is 51.2 Å². The van der Waals surface area contributed by atoms with E-state index >= 15 is 0 Å². The van der Waals surface area contributed by atoms with Gasteiger partial charge in [0.2, 0.25) is 0 Å². The van der Waals surface area contributed by atoms with Crippen molar-refractivity contribution < 1.29 is 13.6 Å². The van der Waals surface area contributed by atoms with Crippen LogP contribution in [0, 0.1) is 11.6 Å². The Morgan fingerprint density at radius 3 is 2.90 bits per heavy atom. The van der Waals surface area contributed by atoms with Crippen LogP contribution in [0.25, 0.3) is 11.3 Å². The maximum atomic E-state index is 14.1. The van der Waals surface area contributed by atoms with Gasteiger partial charge in [-0.2, -0.15) is 5.10 Å². The molecule has 3 aromatic rings. The number of nitrogens with zero attached hydrogens (tertiary/aromatic N) is 4. The molecule has 6 nitrogen and oxygen atoms in total. The Bertz CT molecular complexity index is 1060. The van der Waals surface area contributed by atoms with Crippen molar-refractivity contribution in [1.82, 2.24) is 24.6 Å². The first-order chi connectivity index (χ1) is 14.1. The van der Waals surface area contributed by atoms with Gasteiger partial charge in [0.05, 0.1) is 5.69 Å². The molecule has 4 heterocycles. The van der Waals surface area contributed by atoms with Crippen molar-refractivity contribution in [2.75, 3.05) is 0 Å². The summed E-state index contributed by atoms with van der Waals surface area (Å²) in [5.74, 6) is -0.565. The fraction of sp³-hybridized carbons (Fsp3) is 0.381. The lowest BCUT2D eigenvalue weighted by Gasteiger charge is -2.24. The van der Waals surface area contributed by atoms with Crippen LogP contribution >= 0.6 is 0 Å². The van der Waals surface area contributed by atoms with Crippen LogP contribution in [-0.2, 0) is 25.9 Å². The monoisotopic (exact) mass is 397 g/mol. The highest BCUT2D eigenvalue weighted by molar-refractivity contribution is 5.92. The summed E-state index contributed by atoms with van der Waals surface area (Å²) in [7, 11) is 0. The molecule has 1 unspecified atom stereocenters. The lowest BCUT2D eigenvalue weighted by Crippen LogP contribution is -2.41. The van der Waals surface area contributed by atoms with Crippen molar-refractivity contribution in [3.63, 3.8) is 0 Å². The Balaban J connectivity index is 1.30. The van der Waals surface area contributed by atoms with E-state index in [1.165, 1.54) is 12.1 Å². The first-order valence-corrected chi connectivity index (χ1v) is 9.96. The number of carbonyl (C=O) groups excluding carboxylic acids is 1. The van der Waals surface area contributed by atoms with E-state index in [1.807, 2.05) is 15.3 Å². The second-order valence-electron chi connectivity index (χ2n) is 7.73. The van der Waals surface area contributed by atoms with Crippen LogP contribution in [0.4, 0.5) is 8.78 Å². The van der Waals surface area contributed by atoms with Gasteiger partial charge < -0.3 is 9.88 Å². The molecule has 1 atom stereocenters. The SMILES string of the molecule is O=C(NC1CCc2nc(-c3ccc(F)cc3F)cn2C1)c1cc2n(n1)CCCC2. The molecule has 8 heteroatoms. The van der Waals surface area contributed by atoms with E-state index in [0.29, 0.717) is 24.4 Å². The van der Waals surface area contributed by atoms with Crippen LogP contribution < -0.4 is 5.32 Å². The number of carbonyl (C=O) groups is 1. The second-order valence-corrected chi connectivity index (χ2v) is 7.73. The average molecular weight is 397 g/mol. The highest BCUT2D eigenvalue weighted by atomic mass is 19.1. The summed E-state index contributed by atoms with van der Waals surface area (Å²) in [6, 6.07) is 5.33. The Hall–Kier alpha value is -3.03. The van der Waals surface area contributed by atoms with E-state index in [-0.39, 0.29) is 17.5 Å². The zero-order valence-electron chi connectivity index (χ0n) is 15.9. The third-order valence-electron chi connectivity index (χ3n) is 5.68. The number of amides is 1. The van der Waals surface area contributed by atoms with Crippen LogP contribution in [0.1, 0.15) is 41.3 Å². The number of aromatic nitrogens is 4. The van der Waals surface area contributed by atoms with E-state index in [4.69, 9.17) is 0 Å². The number of hydrogen-bond acceptors (Lipinski definition) is 3. The number of rotatable bonds is 3. The van der Waals surface area contributed by atoms with E-state index < -0.39 is 11.6 Å². The molecule has 150 valence electrons. The first kappa shape index (κ1) is 18.0. The zero-order valence-corrected chi connectivity index (χ0v) is 15.9. The molecule has 0 radical (unpaired) electrons. The van der Waals surface area contributed by atoms with E-state index in [1.54, 1.807) is 6.20 Å². The van der Waals surface area contributed by atoms with Gasteiger partial charge in [-0.15, -0.1) is 0 Å². The van der Waals surface area contributed by atoms with Crippen molar-refractivity contribution in [3.8, 4) is 11.3 Å². The zero-order chi connectivity index (χ0) is 20.0. The fourth-order valence-electron chi connectivity index (χ4n) is 4.18. The molecule has 5 rings (SSSR count). The van der Waals surface area contributed by atoms with Gasteiger partial charge in [-0.25, -0.2) is 13.8 Å². The Morgan fingerprint density at radius 2 is 2.07 bits per heavy atom. The van der Waals surface area contributed by atoms with Gasteiger partial charge in [0.25, 0.3) is 5.91 Å². The summed E-state index contributed by atoms with van der Waals surface area (Å²) < 4.78 is 31.1. The normalized spacial score (nSPS) is 18.2. The Kier molecular flexibility index (Phi) is 4.41. The minimum atomic E-state index is -0.631. The molecule has 0 spiro atoms. The van der Waals surface area contributed by atoms with Gasteiger partial charge in [-0.05, 0) is 43.9 Å². The highest BCUT2D eigenvalue weighted by Gasteiger charge is 2.25. The molecule has 2 aliphatic heterocycles. The third-order valence-corrected chi connectivity index (χ3v) is 5.68. The molecular weight excluding hydrogens is 376 g/mol. The summed E-state index contributed by atoms with van der Waals surface area (Å²) in [6.07, 6.45) is 6.38. The topological polar surface area (TPSA) is 64.7 Å². The molecule has 1 amide bonds. The number of imidazole rings is 1. The van der Waals surface area contributed by atoms with Crippen molar-refractivity contribution in [3.05, 3.63) is 59.3 Å². The lowest BCUT2D eigenvalue weighted by molar-refractivity contribution is 0.0921. The van der Waals surface area contributed by atoms with Gasteiger partial charge >= 0.3 is 0 Å². The second kappa shape index (κ2) is 7.09. The smallest absolute Gasteiger partial charge is 0.272 e. The maximum Gasteiger partial charge on any atom is 0.272 e. The predicted molar refractivity (Wildman–Crippen MR) is 102 cm³/mol. The number of fused-ring (bicyclic) bond motifs is 2. The van der Waals surface area contributed by atoms with E-state index in [2.05, 4.69) is 15.4 Å². The largest absolute Gasteiger partial charge is 0.346 e. The van der Waals surface area contributed by atoms with Crippen LogP contribution in [0.3, 0.4) is 0 Å². The van der Waals surface area contributed by atoms with Crippen molar-refractivity contribution in [2.24, 2.45) is 0 Å². The van der Waals surface area contributed by atoms with Gasteiger partial charge in [0.1, 0.15) is 23.2 Å².